The van der Waals surface area contributed by atoms with Gasteiger partial charge in [0.25, 0.3) is 0 Å². The molecular weight excluding hydrogens is 318 g/mol. The van der Waals surface area contributed by atoms with Crippen molar-refractivity contribution in [2.45, 2.75) is 32.3 Å². The molecule has 0 heterocycles. The molecule has 2 rings (SSSR count). The van der Waals surface area contributed by atoms with Crippen LogP contribution in [0.4, 0.5) is 8.78 Å². The second-order valence-electron chi connectivity index (χ2n) is 5.82. The maximum Gasteiger partial charge on any atom is 0.387 e. The van der Waals surface area contributed by atoms with Crippen molar-refractivity contribution in [2.24, 2.45) is 11.1 Å². The predicted octanol–water partition coefficient (Wildman–Crippen LogP) is 2.46. The van der Waals surface area contributed by atoms with Crippen LogP contribution < -0.4 is 15.8 Å². The van der Waals surface area contributed by atoms with Gasteiger partial charge in [-0.15, -0.1) is 0 Å². The van der Waals surface area contributed by atoms with Crippen LogP contribution in [0.2, 0.25) is 0 Å². The monoisotopic (exact) mass is 338 g/mol. The minimum Gasteiger partial charge on any atom is -0.434 e. The van der Waals surface area contributed by atoms with Gasteiger partial charge in [-0.1, -0.05) is 31.0 Å². The van der Waals surface area contributed by atoms with Crippen LogP contribution in [0.3, 0.4) is 0 Å². The number of amides is 2. The standard InChI is InChI=1S/C17H20F2N2O3/c18-16(19)24-13-6-2-1-5-12(13)7-8-14(22)21-11-17(15(20)23)9-3-4-10-17/h1-2,5-8,16H,3-4,9-11H2,(H2,20,23)(H,21,22)/b8-7+. The summed E-state index contributed by atoms with van der Waals surface area (Å²) in [6.07, 6.45) is 5.75. The molecule has 1 fully saturated rings. The minimum absolute atomic E-state index is 0.0130. The van der Waals surface area contributed by atoms with E-state index in [9.17, 15) is 18.4 Å². The lowest BCUT2D eigenvalue weighted by Crippen LogP contribution is -2.44. The molecule has 1 aromatic carbocycles. The average Bonchev–Trinajstić information content (AvgIpc) is 3.02. The van der Waals surface area contributed by atoms with Crippen molar-refractivity contribution >= 4 is 17.9 Å². The number of benzene rings is 1. The Balaban J connectivity index is 1.97. The van der Waals surface area contributed by atoms with Crippen LogP contribution in [-0.4, -0.2) is 25.0 Å². The van der Waals surface area contributed by atoms with Crippen LogP contribution in [0.15, 0.2) is 30.3 Å². The van der Waals surface area contributed by atoms with E-state index in [1.807, 2.05) is 0 Å². The van der Waals surface area contributed by atoms with Crippen LogP contribution in [0.25, 0.3) is 6.08 Å². The number of nitrogens with one attached hydrogen (secondary N) is 1. The fraction of sp³-hybridized carbons (Fsp3) is 0.412. The molecule has 2 amide bonds. The number of hydrogen-bond donors (Lipinski definition) is 2. The van der Waals surface area contributed by atoms with E-state index < -0.39 is 23.8 Å². The van der Waals surface area contributed by atoms with Gasteiger partial charge in [0.2, 0.25) is 11.8 Å². The normalized spacial score (nSPS) is 16.5. The highest BCUT2D eigenvalue weighted by Gasteiger charge is 2.39. The first-order chi connectivity index (χ1) is 11.4. The molecule has 7 heteroatoms. The summed E-state index contributed by atoms with van der Waals surface area (Å²) < 4.78 is 29.1. The van der Waals surface area contributed by atoms with E-state index in [0.717, 1.165) is 12.8 Å². The van der Waals surface area contributed by atoms with Gasteiger partial charge in [0.05, 0.1) is 5.41 Å². The molecule has 5 nitrogen and oxygen atoms in total. The second kappa shape index (κ2) is 7.90. The number of carbonyl (C=O) groups excluding carboxylic acids is 2. The van der Waals surface area contributed by atoms with Crippen molar-refractivity contribution in [3.8, 4) is 5.75 Å². The molecule has 1 aromatic rings. The zero-order chi connectivity index (χ0) is 17.6. The molecule has 0 radical (unpaired) electrons. The maximum atomic E-state index is 12.3. The molecule has 1 saturated carbocycles. The fourth-order valence-corrected chi connectivity index (χ4v) is 2.86. The number of para-hydroxylation sites is 1. The molecule has 0 saturated heterocycles. The summed E-state index contributed by atoms with van der Waals surface area (Å²) in [4.78, 5) is 23.6. The number of rotatable bonds is 7. The highest BCUT2D eigenvalue weighted by molar-refractivity contribution is 5.92. The summed E-state index contributed by atoms with van der Waals surface area (Å²) in [6.45, 7) is -2.76. The predicted molar refractivity (Wildman–Crippen MR) is 85.2 cm³/mol. The molecule has 0 spiro atoms. The van der Waals surface area contributed by atoms with E-state index >= 15 is 0 Å². The van der Waals surface area contributed by atoms with Gasteiger partial charge in [0.1, 0.15) is 5.75 Å². The molecule has 3 N–H and O–H groups in total. The quantitative estimate of drug-likeness (QED) is 0.749. The minimum atomic E-state index is -2.94. The van der Waals surface area contributed by atoms with Gasteiger partial charge < -0.3 is 15.8 Å². The molecule has 1 aliphatic carbocycles. The van der Waals surface area contributed by atoms with Crippen LogP contribution >= 0.6 is 0 Å². The van der Waals surface area contributed by atoms with Crippen molar-refractivity contribution < 1.29 is 23.1 Å². The smallest absolute Gasteiger partial charge is 0.387 e. The third-order valence-electron chi connectivity index (χ3n) is 4.23. The van der Waals surface area contributed by atoms with Gasteiger partial charge in [-0.25, -0.2) is 0 Å². The number of alkyl halides is 2. The molecular formula is C17H20F2N2O3. The van der Waals surface area contributed by atoms with E-state index in [1.165, 1.54) is 18.2 Å². The van der Waals surface area contributed by atoms with Gasteiger partial charge >= 0.3 is 6.61 Å². The third-order valence-corrected chi connectivity index (χ3v) is 4.23. The lowest BCUT2D eigenvalue weighted by molar-refractivity contribution is -0.127. The zero-order valence-electron chi connectivity index (χ0n) is 13.1. The first-order valence-corrected chi connectivity index (χ1v) is 7.73. The van der Waals surface area contributed by atoms with Crippen molar-refractivity contribution in [3.05, 3.63) is 35.9 Å². The molecule has 130 valence electrons. The first-order valence-electron chi connectivity index (χ1n) is 7.73. The number of carbonyl (C=O) groups is 2. The Hall–Kier alpha value is -2.44. The Labute approximate surface area is 138 Å². The largest absolute Gasteiger partial charge is 0.434 e. The van der Waals surface area contributed by atoms with Crippen LogP contribution in [0.5, 0.6) is 5.75 Å². The van der Waals surface area contributed by atoms with Crippen LogP contribution in [0, 0.1) is 5.41 Å². The Morgan fingerprint density at radius 1 is 1.29 bits per heavy atom. The molecule has 24 heavy (non-hydrogen) atoms. The van der Waals surface area contributed by atoms with Gasteiger partial charge in [0, 0.05) is 18.2 Å². The van der Waals surface area contributed by atoms with Crippen molar-refractivity contribution in [3.63, 3.8) is 0 Å². The summed E-state index contributed by atoms with van der Waals surface area (Å²) in [5, 5.41) is 2.66. The Kier molecular flexibility index (Phi) is 5.89. The number of primary amides is 1. The SMILES string of the molecule is NC(=O)C1(CNC(=O)/C=C/c2ccccc2OC(F)F)CCCC1. The number of nitrogens with two attached hydrogens (primary N) is 1. The van der Waals surface area contributed by atoms with E-state index in [2.05, 4.69) is 10.1 Å². The van der Waals surface area contributed by atoms with Crippen LogP contribution in [-0.2, 0) is 9.59 Å². The van der Waals surface area contributed by atoms with Crippen molar-refractivity contribution in [1.82, 2.24) is 5.32 Å². The van der Waals surface area contributed by atoms with E-state index in [0.29, 0.717) is 18.4 Å². The molecule has 0 atom stereocenters. The highest BCUT2D eigenvalue weighted by Crippen LogP contribution is 2.37. The Morgan fingerprint density at radius 2 is 1.96 bits per heavy atom. The lowest BCUT2D eigenvalue weighted by Gasteiger charge is -2.24. The van der Waals surface area contributed by atoms with Gasteiger partial charge in [-0.2, -0.15) is 8.78 Å². The van der Waals surface area contributed by atoms with Gasteiger partial charge in [-0.3, -0.25) is 9.59 Å². The van der Waals surface area contributed by atoms with E-state index in [4.69, 9.17) is 5.73 Å². The average molecular weight is 338 g/mol. The second-order valence-corrected chi connectivity index (χ2v) is 5.82. The van der Waals surface area contributed by atoms with Crippen molar-refractivity contribution in [2.75, 3.05) is 6.54 Å². The molecule has 0 aliphatic heterocycles. The summed E-state index contributed by atoms with van der Waals surface area (Å²) in [5.41, 5.74) is 5.13. The third kappa shape index (κ3) is 4.53. The number of hydrogen-bond acceptors (Lipinski definition) is 3. The summed E-state index contributed by atoms with van der Waals surface area (Å²) in [5.74, 6) is -0.838. The Bertz CT molecular complexity index is 626. The topological polar surface area (TPSA) is 81.4 Å². The molecule has 0 unspecified atom stereocenters. The van der Waals surface area contributed by atoms with Crippen LogP contribution in [0.1, 0.15) is 31.2 Å². The molecule has 0 aromatic heterocycles. The Morgan fingerprint density at radius 3 is 2.58 bits per heavy atom. The molecule has 1 aliphatic rings. The van der Waals surface area contributed by atoms with Gasteiger partial charge in [0.15, 0.2) is 0 Å². The number of halogens is 2. The zero-order valence-corrected chi connectivity index (χ0v) is 13.1. The summed E-state index contributed by atoms with van der Waals surface area (Å²) in [6, 6.07) is 6.16. The van der Waals surface area contributed by atoms with Gasteiger partial charge in [-0.05, 0) is 25.0 Å². The lowest BCUT2D eigenvalue weighted by atomic mass is 9.85. The maximum absolute atomic E-state index is 12.3. The van der Waals surface area contributed by atoms with E-state index in [-0.39, 0.29) is 12.3 Å². The summed E-state index contributed by atoms with van der Waals surface area (Å²) in [7, 11) is 0. The van der Waals surface area contributed by atoms with Crippen molar-refractivity contribution in [1.29, 1.82) is 0 Å². The summed E-state index contributed by atoms with van der Waals surface area (Å²) >= 11 is 0. The fourth-order valence-electron chi connectivity index (χ4n) is 2.86. The first kappa shape index (κ1) is 17.9. The van der Waals surface area contributed by atoms with E-state index in [1.54, 1.807) is 18.2 Å². The highest BCUT2D eigenvalue weighted by atomic mass is 19.3. The number of ether oxygens (including phenoxy) is 1. The molecule has 0 bridgehead atoms.